The molecule has 0 aliphatic rings. The summed E-state index contributed by atoms with van der Waals surface area (Å²) < 4.78 is 18.3. The van der Waals surface area contributed by atoms with Crippen LogP contribution in [0.5, 0.6) is 0 Å². The number of benzene rings is 1. The molecule has 0 unspecified atom stereocenters. The molecule has 6 heteroatoms. The maximum Gasteiger partial charge on any atom is 0.351 e. The van der Waals surface area contributed by atoms with Crippen molar-refractivity contribution < 1.29 is 13.9 Å². The molecule has 0 saturated heterocycles. The molecule has 0 spiro atoms. The molecule has 18 heavy (non-hydrogen) atoms. The van der Waals surface area contributed by atoms with Crippen molar-refractivity contribution in [3.05, 3.63) is 39.6 Å². The molecular weight excluding hydrogens is 277 g/mol. The number of methoxy groups -OCH3 is 1. The number of hydrogen-bond acceptors (Lipinski definition) is 4. The van der Waals surface area contributed by atoms with Gasteiger partial charge in [0.25, 0.3) is 0 Å². The number of aromatic nitrogens is 1. The second kappa shape index (κ2) is 5.04. The number of hydrogen-bond donors (Lipinski definition) is 0. The Hall–Kier alpha value is -1.46. The molecule has 0 fully saturated rings. The molecule has 0 atom stereocenters. The lowest BCUT2D eigenvalue weighted by atomic mass is 10.1. The number of rotatable bonds is 2. The number of thiazole rings is 1. The van der Waals surface area contributed by atoms with Gasteiger partial charge in [-0.2, -0.15) is 0 Å². The van der Waals surface area contributed by atoms with Gasteiger partial charge in [-0.15, -0.1) is 11.3 Å². The first-order valence-electron chi connectivity index (χ1n) is 5.04. The number of esters is 1. The predicted molar refractivity (Wildman–Crippen MR) is 68.6 cm³/mol. The van der Waals surface area contributed by atoms with Gasteiger partial charge in [0.15, 0.2) is 10.0 Å². The van der Waals surface area contributed by atoms with Crippen molar-refractivity contribution in [3.63, 3.8) is 0 Å². The Balaban J connectivity index is 2.52. The maximum atomic E-state index is 13.7. The van der Waals surface area contributed by atoms with Crippen LogP contribution in [0.4, 0.5) is 4.39 Å². The summed E-state index contributed by atoms with van der Waals surface area (Å²) in [6.45, 7) is 1.85. The van der Waals surface area contributed by atoms with Gasteiger partial charge in [-0.3, -0.25) is 0 Å². The van der Waals surface area contributed by atoms with E-state index in [1.165, 1.54) is 13.2 Å². The smallest absolute Gasteiger partial charge is 0.351 e. The topological polar surface area (TPSA) is 39.2 Å². The highest BCUT2D eigenvalue weighted by Gasteiger charge is 2.19. The van der Waals surface area contributed by atoms with E-state index in [9.17, 15) is 9.18 Å². The first kappa shape index (κ1) is 13.0. The Labute approximate surface area is 112 Å². The number of carbonyl (C=O) groups is 1. The van der Waals surface area contributed by atoms with Crippen LogP contribution in [-0.2, 0) is 4.74 Å². The summed E-state index contributed by atoms with van der Waals surface area (Å²) in [6.07, 6.45) is 0. The highest BCUT2D eigenvalue weighted by molar-refractivity contribution is 7.17. The van der Waals surface area contributed by atoms with Gasteiger partial charge in [0.2, 0.25) is 0 Å². The Morgan fingerprint density at radius 2 is 2.22 bits per heavy atom. The monoisotopic (exact) mass is 285 g/mol. The molecular formula is C12H9ClFNO2S. The van der Waals surface area contributed by atoms with E-state index in [2.05, 4.69) is 9.72 Å². The molecule has 0 aliphatic carbocycles. The van der Waals surface area contributed by atoms with Gasteiger partial charge in [0, 0.05) is 5.56 Å². The Bertz CT molecular complexity index is 612. The predicted octanol–water partition coefficient (Wildman–Crippen LogP) is 3.70. The number of nitrogens with zero attached hydrogens (tertiary/aromatic N) is 1. The zero-order valence-corrected chi connectivity index (χ0v) is 11.2. The fourth-order valence-electron chi connectivity index (χ4n) is 1.44. The Kier molecular flexibility index (Phi) is 3.63. The van der Waals surface area contributed by atoms with Crippen LogP contribution in [0.1, 0.15) is 15.2 Å². The molecule has 1 aromatic carbocycles. The molecule has 0 amide bonds. The fourth-order valence-corrected chi connectivity index (χ4v) is 2.66. The minimum absolute atomic E-state index is 0.0303. The van der Waals surface area contributed by atoms with Crippen LogP contribution in [-0.4, -0.2) is 18.1 Å². The molecule has 3 nitrogen and oxygen atoms in total. The summed E-state index contributed by atoms with van der Waals surface area (Å²) in [4.78, 5) is 15.6. The summed E-state index contributed by atoms with van der Waals surface area (Å²) in [7, 11) is 1.26. The molecule has 2 rings (SSSR count). The van der Waals surface area contributed by atoms with Crippen molar-refractivity contribution in [1.29, 1.82) is 0 Å². The number of halogens is 2. The molecule has 0 radical (unpaired) electrons. The first-order chi connectivity index (χ1) is 8.52. The van der Waals surface area contributed by atoms with E-state index >= 15 is 0 Å². The van der Waals surface area contributed by atoms with Gasteiger partial charge in [0.1, 0.15) is 10.8 Å². The summed E-state index contributed by atoms with van der Waals surface area (Å²) in [5.41, 5.74) is 1.23. The van der Waals surface area contributed by atoms with Crippen molar-refractivity contribution in [1.82, 2.24) is 4.98 Å². The molecule has 0 bridgehead atoms. The highest BCUT2D eigenvalue weighted by Crippen LogP contribution is 2.33. The summed E-state index contributed by atoms with van der Waals surface area (Å²) >= 11 is 6.85. The molecule has 94 valence electrons. The van der Waals surface area contributed by atoms with Gasteiger partial charge in [-0.25, -0.2) is 14.2 Å². The van der Waals surface area contributed by atoms with Gasteiger partial charge in [-0.05, 0) is 19.1 Å². The van der Waals surface area contributed by atoms with E-state index in [0.717, 1.165) is 16.9 Å². The third-order valence-electron chi connectivity index (χ3n) is 2.31. The van der Waals surface area contributed by atoms with Gasteiger partial charge >= 0.3 is 5.97 Å². The number of aryl methyl sites for hydroxylation is 1. The lowest BCUT2D eigenvalue weighted by Gasteiger charge is -2.00. The summed E-state index contributed by atoms with van der Waals surface area (Å²) in [5, 5.41) is 0.393. The van der Waals surface area contributed by atoms with Gasteiger partial charge in [-0.1, -0.05) is 23.2 Å². The molecule has 2 aromatic rings. The number of carbonyl (C=O) groups excluding carboxylic acids is 1. The van der Waals surface area contributed by atoms with Crippen molar-refractivity contribution in [2.75, 3.05) is 7.11 Å². The minimum Gasteiger partial charge on any atom is -0.465 e. The third kappa shape index (κ3) is 2.37. The number of ether oxygens (including phenoxy) is 1. The van der Waals surface area contributed by atoms with E-state index in [0.29, 0.717) is 10.6 Å². The van der Waals surface area contributed by atoms with Crippen LogP contribution in [0.2, 0.25) is 5.15 Å². The average molecular weight is 286 g/mol. The van der Waals surface area contributed by atoms with Crippen LogP contribution in [0.25, 0.3) is 10.6 Å². The largest absolute Gasteiger partial charge is 0.465 e. The Morgan fingerprint density at radius 1 is 1.50 bits per heavy atom. The van der Waals surface area contributed by atoms with E-state index in [4.69, 9.17) is 11.6 Å². The van der Waals surface area contributed by atoms with E-state index in [-0.39, 0.29) is 10.0 Å². The normalized spacial score (nSPS) is 10.4. The molecule has 0 N–H and O–H groups in total. The van der Waals surface area contributed by atoms with Crippen LogP contribution >= 0.6 is 22.9 Å². The third-order valence-corrected chi connectivity index (χ3v) is 3.76. The zero-order valence-electron chi connectivity index (χ0n) is 9.66. The van der Waals surface area contributed by atoms with Crippen LogP contribution < -0.4 is 0 Å². The van der Waals surface area contributed by atoms with Crippen LogP contribution in [0.3, 0.4) is 0 Å². The average Bonchev–Trinajstić information content (AvgIpc) is 2.73. The first-order valence-corrected chi connectivity index (χ1v) is 6.23. The molecule has 0 saturated carbocycles. The Morgan fingerprint density at radius 3 is 2.89 bits per heavy atom. The van der Waals surface area contributed by atoms with Crippen molar-refractivity contribution >= 4 is 28.9 Å². The van der Waals surface area contributed by atoms with Crippen molar-refractivity contribution in [3.8, 4) is 10.6 Å². The lowest BCUT2D eigenvalue weighted by Crippen LogP contribution is -1.98. The van der Waals surface area contributed by atoms with Crippen LogP contribution in [0, 0.1) is 12.7 Å². The van der Waals surface area contributed by atoms with Gasteiger partial charge < -0.3 is 4.74 Å². The molecule has 1 aromatic heterocycles. The van der Waals surface area contributed by atoms with Crippen molar-refractivity contribution in [2.45, 2.75) is 6.92 Å². The van der Waals surface area contributed by atoms with Gasteiger partial charge in [0.05, 0.1) is 7.11 Å². The zero-order chi connectivity index (χ0) is 13.3. The van der Waals surface area contributed by atoms with Crippen LogP contribution in [0.15, 0.2) is 18.2 Å². The standard InChI is InChI=1S/C12H9ClFNO2S/c1-6-3-4-8(14)7(5-6)11-15-10(13)9(18-11)12(16)17-2/h3-5H,1-2H3. The fraction of sp³-hybridized carbons (Fsp3) is 0.167. The SMILES string of the molecule is COC(=O)c1sc(-c2cc(C)ccc2F)nc1Cl. The second-order valence-electron chi connectivity index (χ2n) is 3.61. The molecule has 0 aliphatic heterocycles. The van der Waals surface area contributed by atoms with E-state index < -0.39 is 11.8 Å². The lowest BCUT2D eigenvalue weighted by molar-refractivity contribution is 0.0606. The molecule has 1 heterocycles. The summed E-state index contributed by atoms with van der Waals surface area (Å²) in [6, 6.07) is 4.68. The van der Waals surface area contributed by atoms with E-state index in [1.807, 2.05) is 6.92 Å². The maximum absolute atomic E-state index is 13.7. The quantitative estimate of drug-likeness (QED) is 0.790. The second-order valence-corrected chi connectivity index (χ2v) is 4.97. The van der Waals surface area contributed by atoms with Crippen molar-refractivity contribution in [2.24, 2.45) is 0 Å². The van der Waals surface area contributed by atoms with E-state index in [1.54, 1.807) is 12.1 Å². The summed E-state index contributed by atoms with van der Waals surface area (Å²) in [5.74, 6) is -0.973. The highest BCUT2D eigenvalue weighted by atomic mass is 35.5. The minimum atomic E-state index is -0.572.